The second kappa shape index (κ2) is 7.98. The number of sulfone groups is 1. The van der Waals surface area contributed by atoms with Crippen LogP contribution in [-0.4, -0.2) is 70.2 Å². The Balaban J connectivity index is 2.22. The molecular weight excluding hydrogens is 391 g/mol. The van der Waals surface area contributed by atoms with E-state index >= 15 is 0 Å². The number of benzene rings is 1. The second-order valence-electron chi connectivity index (χ2n) is 6.39. The van der Waals surface area contributed by atoms with Gasteiger partial charge in [0.25, 0.3) is 15.5 Å². The first-order valence-corrected chi connectivity index (χ1v) is 9.53. The Labute approximate surface area is 154 Å². The topological polar surface area (TPSA) is 93.0 Å². The van der Waals surface area contributed by atoms with Crippen LogP contribution in [0.4, 0.5) is 24.5 Å². The molecule has 8 nitrogen and oxygen atoms in total. The van der Waals surface area contributed by atoms with Crippen LogP contribution in [0, 0.1) is 10.1 Å². The van der Waals surface area contributed by atoms with Crippen LogP contribution in [0.15, 0.2) is 23.1 Å². The van der Waals surface area contributed by atoms with Gasteiger partial charge >= 0.3 is 5.51 Å². The van der Waals surface area contributed by atoms with Crippen LogP contribution in [0.2, 0.25) is 0 Å². The number of likely N-dealkylation sites (N-methyl/N-ethyl adjacent to an activating group) is 1. The van der Waals surface area contributed by atoms with Gasteiger partial charge < -0.3 is 14.5 Å². The molecule has 2 rings (SSSR count). The molecule has 0 saturated carbocycles. The van der Waals surface area contributed by atoms with Crippen LogP contribution in [0.3, 0.4) is 0 Å². The SMILES string of the molecule is CN(C)CCO[C@@H]1CCN(c2ccc(S(=O)(=O)C(F)(F)F)cc2[N+](=O)[O-])C1. The van der Waals surface area contributed by atoms with E-state index in [0.29, 0.717) is 38.7 Å². The first-order valence-electron chi connectivity index (χ1n) is 8.04. The van der Waals surface area contributed by atoms with Gasteiger partial charge in [0.15, 0.2) is 0 Å². The molecule has 1 aliphatic rings. The highest BCUT2D eigenvalue weighted by molar-refractivity contribution is 7.92. The van der Waals surface area contributed by atoms with Gasteiger partial charge in [-0.3, -0.25) is 10.1 Å². The average molecular weight is 411 g/mol. The van der Waals surface area contributed by atoms with E-state index in [0.717, 1.165) is 12.1 Å². The van der Waals surface area contributed by atoms with Crippen LogP contribution in [-0.2, 0) is 14.6 Å². The van der Waals surface area contributed by atoms with Crippen LogP contribution >= 0.6 is 0 Å². The number of nitro groups is 1. The fraction of sp³-hybridized carbons (Fsp3) is 0.600. The molecule has 0 amide bonds. The van der Waals surface area contributed by atoms with E-state index in [1.54, 1.807) is 4.90 Å². The maximum absolute atomic E-state index is 12.7. The summed E-state index contributed by atoms with van der Waals surface area (Å²) < 4.78 is 66.8. The summed E-state index contributed by atoms with van der Waals surface area (Å²) in [6.07, 6.45) is 0.441. The fourth-order valence-electron chi connectivity index (χ4n) is 2.70. The zero-order valence-electron chi connectivity index (χ0n) is 14.8. The standard InChI is InChI=1S/C15H20F3N3O5S/c1-19(2)7-8-26-11-5-6-20(10-11)13-4-3-12(9-14(13)21(22)23)27(24,25)15(16,17)18/h3-4,9,11H,5-8,10H2,1-2H3/t11-/m1/s1. The number of hydrogen-bond donors (Lipinski definition) is 0. The quantitative estimate of drug-likeness (QED) is 0.501. The molecule has 1 aromatic carbocycles. The molecule has 1 heterocycles. The summed E-state index contributed by atoms with van der Waals surface area (Å²) in [6.45, 7) is 1.94. The van der Waals surface area contributed by atoms with Crippen LogP contribution < -0.4 is 4.90 Å². The smallest absolute Gasteiger partial charge is 0.375 e. The normalized spacial score (nSPS) is 18.3. The molecule has 1 saturated heterocycles. The highest BCUT2D eigenvalue weighted by Gasteiger charge is 2.47. The zero-order valence-corrected chi connectivity index (χ0v) is 15.6. The number of anilines is 1. The molecular formula is C15H20F3N3O5S. The van der Waals surface area contributed by atoms with E-state index in [4.69, 9.17) is 4.74 Å². The molecule has 0 aliphatic carbocycles. The van der Waals surface area contributed by atoms with Crippen molar-refractivity contribution in [3.8, 4) is 0 Å². The van der Waals surface area contributed by atoms with Gasteiger partial charge in [-0.1, -0.05) is 0 Å². The molecule has 12 heteroatoms. The lowest BCUT2D eigenvalue weighted by molar-refractivity contribution is -0.384. The summed E-state index contributed by atoms with van der Waals surface area (Å²) in [5, 5.41) is 11.3. The summed E-state index contributed by atoms with van der Waals surface area (Å²) in [5.74, 6) is 0. The van der Waals surface area contributed by atoms with E-state index in [2.05, 4.69) is 0 Å². The van der Waals surface area contributed by atoms with E-state index in [9.17, 15) is 31.7 Å². The number of halogens is 3. The number of alkyl halides is 3. The predicted octanol–water partition coefficient (Wildman–Crippen LogP) is 2.05. The largest absolute Gasteiger partial charge is 0.501 e. The Hall–Kier alpha value is -1.92. The Morgan fingerprint density at radius 1 is 1.37 bits per heavy atom. The number of nitrogens with zero attached hydrogens (tertiary/aromatic N) is 3. The summed E-state index contributed by atoms with van der Waals surface area (Å²) in [5.41, 5.74) is -6.14. The third kappa shape index (κ3) is 4.87. The van der Waals surface area contributed by atoms with Crippen molar-refractivity contribution in [1.29, 1.82) is 0 Å². The van der Waals surface area contributed by atoms with Crippen molar-refractivity contribution < 1.29 is 31.2 Å². The molecule has 0 radical (unpaired) electrons. The van der Waals surface area contributed by atoms with E-state index in [-0.39, 0.29) is 11.8 Å². The van der Waals surface area contributed by atoms with Gasteiger partial charge in [0, 0.05) is 25.7 Å². The van der Waals surface area contributed by atoms with E-state index in [1.165, 1.54) is 0 Å². The Kier molecular flexibility index (Phi) is 6.32. The molecule has 27 heavy (non-hydrogen) atoms. The summed E-state index contributed by atoms with van der Waals surface area (Å²) in [6, 6.07) is 2.24. The van der Waals surface area contributed by atoms with Gasteiger partial charge in [-0.05, 0) is 32.6 Å². The summed E-state index contributed by atoms with van der Waals surface area (Å²) in [4.78, 5) is 12.8. The highest BCUT2D eigenvalue weighted by Crippen LogP contribution is 2.37. The maximum atomic E-state index is 12.7. The van der Waals surface area contributed by atoms with E-state index < -0.39 is 30.9 Å². The molecule has 0 N–H and O–H groups in total. The lowest BCUT2D eigenvalue weighted by Crippen LogP contribution is -2.27. The number of ether oxygens (including phenoxy) is 1. The van der Waals surface area contributed by atoms with Gasteiger partial charge in [0.05, 0.1) is 22.5 Å². The number of rotatable bonds is 7. The van der Waals surface area contributed by atoms with E-state index in [1.807, 2.05) is 19.0 Å². The first-order chi connectivity index (χ1) is 12.4. The summed E-state index contributed by atoms with van der Waals surface area (Å²) >= 11 is 0. The minimum atomic E-state index is -5.66. The molecule has 1 aromatic rings. The van der Waals surface area contributed by atoms with Crippen molar-refractivity contribution in [3.63, 3.8) is 0 Å². The van der Waals surface area contributed by atoms with Crippen LogP contribution in [0.25, 0.3) is 0 Å². The van der Waals surface area contributed by atoms with Gasteiger partial charge in [-0.2, -0.15) is 13.2 Å². The monoisotopic (exact) mass is 411 g/mol. The lowest BCUT2D eigenvalue weighted by atomic mass is 10.2. The molecule has 0 bridgehead atoms. The van der Waals surface area contributed by atoms with Crippen LogP contribution in [0.5, 0.6) is 0 Å². The third-order valence-electron chi connectivity index (χ3n) is 4.14. The van der Waals surface area contributed by atoms with Crippen molar-refractivity contribution in [2.45, 2.75) is 22.9 Å². The van der Waals surface area contributed by atoms with Gasteiger partial charge in [0.2, 0.25) is 0 Å². The minimum Gasteiger partial charge on any atom is -0.375 e. The fourth-order valence-corrected chi connectivity index (χ4v) is 3.48. The lowest BCUT2D eigenvalue weighted by Gasteiger charge is -2.20. The molecule has 1 atom stereocenters. The van der Waals surface area contributed by atoms with Crippen LogP contribution in [0.1, 0.15) is 6.42 Å². The molecule has 1 fully saturated rings. The molecule has 0 unspecified atom stereocenters. The predicted molar refractivity (Wildman–Crippen MR) is 91.5 cm³/mol. The van der Waals surface area contributed by atoms with Crippen molar-refractivity contribution in [3.05, 3.63) is 28.3 Å². The number of hydrogen-bond acceptors (Lipinski definition) is 7. The highest BCUT2D eigenvalue weighted by atomic mass is 32.2. The number of nitro benzene ring substituents is 1. The van der Waals surface area contributed by atoms with Gasteiger partial charge in [-0.25, -0.2) is 8.42 Å². The Morgan fingerprint density at radius 3 is 2.59 bits per heavy atom. The zero-order chi connectivity index (χ0) is 20.4. The van der Waals surface area contributed by atoms with Crippen molar-refractivity contribution >= 4 is 21.2 Å². The molecule has 0 aromatic heterocycles. The molecule has 0 spiro atoms. The molecule has 152 valence electrons. The van der Waals surface area contributed by atoms with Gasteiger partial charge in [0.1, 0.15) is 5.69 Å². The second-order valence-corrected chi connectivity index (χ2v) is 8.33. The minimum absolute atomic E-state index is 0.0693. The average Bonchev–Trinajstić information content (AvgIpc) is 3.01. The summed E-state index contributed by atoms with van der Waals surface area (Å²) in [7, 11) is -1.87. The van der Waals surface area contributed by atoms with Gasteiger partial charge in [-0.15, -0.1) is 0 Å². The van der Waals surface area contributed by atoms with Crippen molar-refractivity contribution in [2.75, 3.05) is 45.2 Å². The molecule has 1 aliphatic heterocycles. The maximum Gasteiger partial charge on any atom is 0.501 e. The van der Waals surface area contributed by atoms with Crippen molar-refractivity contribution in [1.82, 2.24) is 4.90 Å². The third-order valence-corrected chi connectivity index (χ3v) is 5.62. The Bertz CT molecular complexity index is 798. The first kappa shape index (κ1) is 21.4. The van der Waals surface area contributed by atoms with Crippen molar-refractivity contribution in [2.24, 2.45) is 0 Å². The Morgan fingerprint density at radius 2 is 2.04 bits per heavy atom.